The monoisotopic (exact) mass is 263 g/mol. The number of nitrogens with zero attached hydrogens (tertiary/aromatic N) is 1. The lowest BCUT2D eigenvalue weighted by Crippen LogP contribution is -2.18. The summed E-state index contributed by atoms with van der Waals surface area (Å²) in [7, 11) is 0. The smallest absolute Gasteiger partial charge is 0.258 e. The molecule has 1 heterocycles. The second-order valence-corrected chi connectivity index (χ2v) is 4.81. The van der Waals surface area contributed by atoms with Crippen LogP contribution >= 0.6 is 15.9 Å². The Balaban J connectivity index is 2.37. The molecule has 0 unspecified atom stereocenters. The Kier molecular flexibility index (Phi) is 1.96. The van der Waals surface area contributed by atoms with E-state index in [1.54, 1.807) is 0 Å². The average molecular weight is 264 g/mol. The third kappa shape index (κ3) is 1.42. The predicted molar refractivity (Wildman–Crippen MR) is 64.2 cm³/mol. The normalized spacial score (nSPS) is 15.8. The third-order valence-electron chi connectivity index (χ3n) is 2.86. The zero-order chi connectivity index (χ0) is 10.4. The number of hydrogen-bond acceptors (Lipinski definition) is 1. The first-order valence-electron chi connectivity index (χ1n) is 5.07. The first-order chi connectivity index (χ1) is 7.27. The number of pyridine rings is 1. The Labute approximate surface area is 95.7 Å². The average Bonchev–Trinajstić information content (AvgIpc) is 3.03. The molecule has 1 fully saturated rings. The van der Waals surface area contributed by atoms with Gasteiger partial charge in [-0.2, -0.15) is 0 Å². The van der Waals surface area contributed by atoms with E-state index >= 15 is 0 Å². The van der Waals surface area contributed by atoms with Crippen molar-refractivity contribution < 1.29 is 0 Å². The minimum atomic E-state index is 0.135. The Bertz CT molecular complexity index is 584. The number of hydrogen-bond donors (Lipinski definition) is 0. The van der Waals surface area contributed by atoms with E-state index in [2.05, 4.69) is 15.9 Å². The largest absolute Gasteiger partial charge is 0.312 e. The molecule has 0 bridgehead atoms. The molecule has 0 N–H and O–H groups in total. The van der Waals surface area contributed by atoms with Crippen LogP contribution in [0.3, 0.4) is 0 Å². The van der Waals surface area contributed by atoms with Crippen LogP contribution in [-0.4, -0.2) is 4.57 Å². The number of benzene rings is 1. The molecule has 2 aromatic rings. The van der Waals surface area contributed by atoms with Crippen LogP contribution < -0.4 is 5.56 Å². The van der Waals surface area contributed by atoms with Gasteiger partial charge in [0.1, 0.15) is 0 Å². The SMILES string of the molecule is O=c1c2cccc(Br)c2ccn1C1CC1. The molecule has 1 aliphatic rings. The van der Waals surface area contributed by atoms with Crippen molar-refractivity contribution in [1.29, 1.82) is 0 Å². The van der Waals surface area contributed by atoms with Crippen LogP contribution in [0.4, 0.5) is 0 Å². The second kappa shape index (κ2) is 3.20. The van der Waals surface area contributed by atoms with Crippen molar-refractivity contribution in [2.75, 3.05) is 0 Å². The standard InChI is InChI=1S/C12H10BrNO/c13-11-3-1-2-10-9(11)6-7-14(12(10)15)8-4-5-8/h1-3,6-8H,4-5H2. The molecule has 0 atom stereocenters. The maximum Gasteiger partial charge on any atom is 0.258 e. The fraction of sp³-hybridized carbons (Fsp3) is 0.250. The topological polar surface area (TPSA) is 22.0 Å². The van der Waals surface area contributed by atoms with Crippen LogP contribution in [0.1, 0.15) is 18.9 Å². The van der Waals surface area contributed by atoms with Crippen molar-refractivity contribution >= 4 is 26.7 Å². The van der Waals surface area contributed by atoms with Gasteiger partial charge in [0.05, 0.1) is 0 Å². The Hall–Kier alpha value is -1.09. The lowest BCUT2D eigenvalue weighted by atomic mass is 10.2. The van der Waals surface area contributed by atoms with Gasteiger partial charge in [-0.25, -0.2) is 0 Å². The summed E-state index contributed by atoms with van der Waals surface area (Å²) in [5.74, 6) is 0. The molecule has 3 rings (SSSR count). The predicted octanol–water partition coefficient (Wildman–Crippen LogP) is 3.10. The highest BCUT2D eigenvalue weighted by atomic mass is 79.9. The number of fused-ring (bicyclic) bond motifs is 1. The molecule has 76 valence electrons. The van der Waals surface area contributed by atoms with Gasteiger partial charge in [0.15, 0.2) is 0 Å². The van der Waals surface area contributed by atoms with E-state index in [4.69, 9.17) is 0 Å². The van der Waals surface area contributed by atoms with Crippen LogP contribution in [0, 0.1) is 0 Å². The minimum Gasteiger partial charge on any atom is -0.312 e. The van der Waals surface area contributed by atoms with Crippen LogP contribution in [0.2, 0.25) is 0 Å². The van der Waals surface area contributed by atoms with Gasteiger partial charge < -0.3 is 4.57 Å². The second-order valence-electron chi connectivity index (χ2n) is 3.96. The lowest BCUT2D eigenvalue weighted by Gasteiger charge is -2.05. The van der Waals surface area contributed by atoms with Crippen molar-refractivity contribution in [2.45, 2.75) is 18.9 Å². The molecular formula is C12H10BrNO. The maximum absolute atomic E-state index is 12.1. The first-order valence-corrected chi connectivity index (χ1v) is 5.86. The summed E-state index contributed by atoms with van der Waals surface area (Å²) < 4.78 is 2.84. The van der Waals surface area contributed by atoms with Crippen molar-refractivity contribution in [3.8, 4) is 0 Å². The number of halogens is 1. The molecule has 0 amide bonds. The molecular weight excluding hydrogens is 254 g/mol. The molecule has 15 heavy (non-hydrogen) atoms. The van der Waals surface area contributed by atoms with E-state index in [9.17, 15) is 4.79 Å². The summed E-state index contributed by atoms with van der Waals surface area (Å²) >= 11 is 3.46. The minimum absolute atomic E-state index is 0.135. The van der Waals surface area contributed by atoms with Gasteiger partial charge in [-0.05, 0) is 31.0 Å². The van der Waals surface area contributed by atoms with Crippen molar-refractivity contribution in [1.82, 2.24) is 4.57 Å². The Morgan fingerprint density at radius 1 is 1.20 bits per heavy atom. The van der Waals surface area contributed by atoms with Crippen molar-refractivity contribution in [3.05, 3.63) is 45.3 Å². The summed E-state index contributed by atoms with van der Waals surface area (Å²) in [6, 6.07) is 8.22. The lowest BCUT2D eigenvalue weighted by molar-refractivity contribution is 0.714. The number of rotatable bonds is 1. The molecule has 1 aromatic heterocycles. The van der Waals surface area contributed by atoms with E-state index in [0.29, 0.717) is 6.04 Å². The maximum atomic E-state index is 12.1. The summed E-state index contributed by atoms with van der Waals surface area (Å²) in [6.07, 6.45) is 4.19. The third-order valence-corrected chi connectivity index (χ3v) is 3.55. The van der Waals surface area contributed by atoms with Crippen LogP contribution in [0.15, 0.2) is 39.7 Å². The van der Waals surface area contributed by atoms with E-state index in [0.717, 1.165) is 28.1 Å². The molecule has 0 aliphatic heterocycles. The highest BCUT2D eigenvalue weighted by Gasteiger charge is 2.24. The van der Waals surface area contributed by atoms with Gasteiger partial charge in [-0.15, -0.1) is 0 Å². The van der Waals surface area contributed by atoms with Crippen molar-refractivity contribution in [2.24, 2.45) is 0 Å². The van der Waals surface area contributed by atoms with E-state index in [1.807, 2.05) is 35.0 Å². The zero-order valence-corrected chi connectivity index (χ0v) is 9.70. The van der Waals surface area contributed by atoms with Gasteiger partial charge in [-0.1, -0.05) is 22.0 Å². The molecule has 0 spiro atoms. The van der Waals surface area contributed by atoms with E-state index in [-0.39, 0.29) is 5.56 Å². The zero-order valence-electron chi connectivity index (χ0n) is 8.11. The molecule has 1 saturated carbocycles. The fourth-order valence-electron chi connectivity index (χ4n) is 1.89. The van der Waals surface area contributed by atoms with E-state index < -0.39 is 0 Å². The van der Waals surface area contributed by atoms with Crippen LogP contribution in [0.5, 0.6) is 0 Å². The summed E-state index contributed by atoms with van der Waals surface area (Å²) in [6.45, 7) is 0. The molecule has 2 nitrogen and oxygen atoms in total. The highest BCUT2D eigenvalue weighted by Crippen LogP contribution is 2.34. The fourth-order valence-corrected chi connectivity index (χ4v) is 2.39. The van der Waals surface area contributed by atoms with Gasteiger partial charge in [0.2, 0.25) is 0 Å². The quantitative estimate of drug-likeness (QED) is 0.775. The molecule has 0 saturated heterocycles. The molecule has 3 heteroatoms. The van der Waals surface area contributed by atoms with Gasteiger partial charge >= 0.3 is 0 Å². The Morgan fingerprint density at radius 3 is 2.73 bits per heavy atom. The highest BCUT2D eigenvalue weighted by molar-refractivity contribution is 9.10. The molecule has 0 radical (unpaired) electrons. The molecule has 1 aliphatic carbocycles. The number of aromatic nitrogens is 1. The molecule has 1 aromatic carbocycles. The summed E-state index contributed by atoms with van der Waals surface area (Å²) in [4.78, 5) is 12.1. The van der Waals surface area contributed by atoms with Crippen molar-refractivity contribution in [3.63, 3.8) is 0 Å². The summed E-state index contributed by atoms with van der Waals surface area (Å²) in [5.41, 5.74) is 0.135. The van der Waals surface area contributed by atoms with Crippen LogP contribution in [-0.2, 0) is 0 Å². The van der Waals surface area contributed by atoms with Gasteiger partial charge in [0, 0.05) is 27.5 Å². The van der Waals surface area contributed by atoms with Gasteiger partial charge in [-0.3, -0.25) is 4.79 Å². The van der Waals surface area contributed by atoms with Crippen LogP contribution in [0.25, 0.3) is 10.8 Å². The van der Waals surface area contributed by atoms with E-state index in [1.165, 1.54) is 0 Å². The Morgan fingerprint density at radius 2 is 2.00 bits per heavy atom. The summed E-state index contributed by atoms with van der Waals surface area (Å²) in [5, 5.41) is 1.80. The van der Waals surface area contributed by atoms with Gasteiger partial charge in [0.25, 0.3) is 5.56 Å². The first kappa shape index (κ1) is 9.16.